The predicted octanol–water partition coefficient (Wildman–Crippen LogP) is 5.45. The molecule has 0 amide bonds. The summed E-state index contributed by atoms with van der Waals surface area (Å²) in [6.45, 7) is 4.33. The van der Waals surface area contributed by atoms with E-state index in [2.05, 4.69) is 50.2 Å². The Morgan fingerprint density at radius 1 is 1.22 bits per heavy atom. The van der Waals surface area contributed by atoms with Gasteiger partial charge in [0.1, 0.15) is 0 Å². The molecule has 3 atom stereocenters. The van der Waals surface area contributed by atoms with Gasteiger partial charge in [0.25, 0.3) is 0 Å². The van der Waals surface area contributed by atoms with Crippen molar-refractivity contribution in [1.29, 1.82) is 0 Å². The SMILES string of the molecule is Cc1cc(C)c(C(Cl)C2CC2c2ccccc2)s1. The van der Waals surface area contributed by atoms with Gasteiger partial charge in [0.2, 0.25) is 0 Å². The third-order valence-electron chi connectivity index (χ3n) is 3.77. The Kier molecular flexibility index (Phi) is 3.21. The van der Waals surface area contributed by atoms with E-state index < -0.39 is 0 Å². The molecule has 0 aliphatic heterocycles. The molecule has 1 aliphatic rings. The van der Waals surface area contributed by atoms with Gasteiger partial charge in [0, 0.05) is 9.75 Å². The second-order valence-corrected chi connectivity index (χ2v) is 6.98. The van der Waals surface area contributed by atoms with Crippen molar-refractivity contribution in [1.82, 2.24) is 0 Å². The van der Waals surface area contributed by atoms with Crippen molar-refractivity contribution in [3.8, 4) is 0 Å². The molecule has 1 aliphatic carbocycles. The van der Waals surface area contributed by atoms with E-state index in [0.29, 0.717) is 11.8 Å². The molecule has 2 heteroatoms. The predicted molar refractivity (Wildman–Crippen MR) is 79.7 cm³/mol. The lowest BCUT2D eigenvalue weighted by molar-refractivity contribution is 0.772. The van der Waals surface area contributed by atoms with Crippen LogP contribution < -0.4 is 0 Å². The van der Waals surface area contributed by atoms with Crippen LogP contribution in [-0.4, -0.2) is 0 Å². The summed E-state index contributed by atoms with van der Waals surface area (Å²) in [6.07, 6.45) is 1.23. The van der Waals surface area contributed by atoms with Crippen LogP contribution in [0.1, 0.15) is 38.6 Å². The van der Waals surface area contributed by atoms with Crippen LogP contribution in [0.2, 0.25) is 0 Å². The fraction of sp³-hybridized carbons (Fsp3) is 0.375. The van der Waals surface area contributed by atoms with Gasteiger partial charge in [-0.15, -0.1) is 22.9 Å². The van der Waals surface area contributed by atoms with Gasteiger partial charge in [-0.1, -0.05) is 30.3 Å². The molecule has 0 N–H and O–H groups in total. The minimum Gasteiger partial charge on any atom is -0.144 e. The second kappa shape index (κ2) is 4.71. The van der Waals surface area contributed by atoms with Gasteiger partial charge in [-0.05, 0) is 49.3 Å². The molecule has 0 spiro atoms. The fourth-order valence-electron chi connectivity index (χ4n) is 2.75. The number of hydrogen-bond donors (Lipinski definition) is 0. The van der Waals surface area contributed by atoms with Gasteiger partial charge in [0.05, 0.1) is 5.38 Å². The highest BCUT2D eigenvalue weighted by Gasteiger charge is 2.44. The normalized spacial score (nSPS) is 23.9. The number of rotatable bonds is 3. The molecule has 0 saturated heterocycles. The molecule has 3 unspecified atom stereocenters. The van der Waals surface area contributed by atoms with Crippen LogP contribution in [0.25, 0.3) is 0 Å². The van der Waals surface area contributed by atoms with E-state index in [-0.39, 0.29) is 5.38 Å². The second-order valence-electron chi connectivity index (χ2n) is 5.22. The standard InChI is InChI=1S/C16H17ClS/c1-10-8-11(2)18-16(10)15(17)14-9-13(14)12-6-4-3-5-7-12/h3-8,13-15H,9H2,1-2H3. The number of alkyl halides is 1. The third-order valence-corrected chi connectivity index (χ3v) is 5.68. The molecule has 1 aromatic heterocycles. The average Bonchev–Trinajstić information content (AvgIpc) is 3.10. The van der Waals surface area contributed by atoms with Crippen molar-refractivity contribution in [2.24, 2.45) is 5.92 Å². The van der Waals surface area contributed by atoms with Gasteiger partial charge >= 0.3 is 0 Å². The highest BCUT2D eigenvalue weighted by molar-refractivity contribution is 7.12. The zero-order chi connectivity index (χ0) is 12.7. The lowest BCUT2D eigenvalue weighted by Crippen LogP contribution is -1.94. The van der Waals surface area contributed by atoms with Crippen molar-refractivity contribution in [3.05, 3.63) is 57.3 Å². The maximum Gasteiger partial charge on any atom is 0.0715 e. The number of aryl methyl sites for hydroxylation is 2. The van der Waals surface area contributed by atoms with Crippen LogP contribution in [0.4, 0.5) is 0 Å². The first-order valence-corrected chi connectivity index (χ1v) is 7.68. The summed E-state index contributed by atoms with van der Waals surface area (Å²) in [5.41, 5.74) is 2.80. The van der Waals surface area contributed by atoms with E-state index >= 15 is 0 Å². The van der Waals surface area contributed by atoms with Crippen LogP contribution in [0.5, 0.6) is 0 Å². The van der Waals surface area contributed by atoms with Crippen LogP contribution in [0.3, 0.4) is 0 Å². The summed E-state index contributed by atoms with van der Waals surface area (Å²) in [7, 11) is 0. The van der Waals surface area contributed by atoms with E-state index in [1.54, 1.807) is 0 Å². The van der Waals surface area contributed by atoms with Crippen molar-refractivity contribution in [2.75, 3.05) is 0 Å². The minimum atomic E-state index is 0.189. The van der Waals surface area contributed by atoms with Gasteiger partial charge in [-0.2, -0.15) is 0 Å². The topological polar surface area (TPSA) is 0 Å². The number of halogens is 1. The van der Waals surface area contributed by atoms with Gasteiger partial charge in [-0.3, -0.25) is 0 Å². The molecule has 1 heterocycles. The van der Waals surface area contributed by atoms with E-state index in [9.17, 15) is 0 Å². The quantitative estimate of drug-likeness (QED) is 0.654. The smallest absolute Gasteiger partial charge is 0.0715 e. The van der Waals surface area contributed by atoms with Crippen molar-refractivity contribution in [3.63, 3.8) is 0 Å². The first-order valence-electron chi connectivity index (χ1n) is 6.43. The van der Waals surface area contributed by atoms with E-state index in [1.165, 1.54) is 27.3 Å². The molecule has 2 aromatic rings. The highest BCUT2D eigenvalue weighted by Crippen LogP contribution is 2.57. The summed E-state index contributed by atoms with van der Waals surface area (Å²) >= 11 is 8.53. The molecule has 3 rings (SSSR count). The Bertz CT molecular complexity index is 543. The molecule has 1 aromatic carbocycles. The molecule has 0 bridgehead atoms. The molecule has 94 valence electrons. The third kappa shape index (κ3) is 2.22. The Morgan fingerprint density at radius 3 is 2.56 bits per heavy atom. The number of hydrogen-bond acceptors (Lipinski definition) is 1. The number of benzene rings is 1. The molecule has 18 heavy (non-hydrogen) atoms. The Hall–Kier alpha value is -0.790. The first-order chi connectivity index (χ1) is 8.66. The van der Waals surface area contributed by atoms with Crippen LogP contribution in [0.15, 0.2) is 36.4 Å². The average molecular weight is 277 g/mol. The summed E-state index contributed by atoms with van der Waals surface area (Å²) in [5, 5.41) is 0.189. The summed E-state index contributed by atoms with van der Waals surface area (Å²) < 4.78 is 0. The molecule has 1 fully saturated rings. The van der Waals surface area contributed by atoms with Gasteiger partial charge in [0.15, 0.2) is 0 Å². The zero-order valence-corrected chi connectivity index (χ0v) is 12.3. The van der Waals surface area contributed by atoms with E-state index in [4.69, 9.17) is 11.6 Å². The summed E-state index contributed by atoms with van der Waals surface area (Å²) in [4.78, 5) is 2.74. The maximum atomic E-state index is 6.68. The monoisotopic (exact) mass is 276 g/mol. The van der Waals surface area contributed by atoms with Crippen LogP contribution >= 0.6 is 22.9 Å². The molecular formula is C16H17ClS. The largest absolute Gasteiger partial charge is 0.144 e. The van der Waals surface area contributed by atoms with Crippen molar-refractivity contribution >= 4 is 22.9 Å². The van der Waals surface area contributed by atoms with Gasteiger partial charge < -0.3 is 0 Å². The zero-order valence-electron chi connectivity index (χ0n) is 10.7. The van der Waals surface area contributed by atoms with Crippen LogP contribution in [-0.2, 0) is 0 Å². The Balaban J connectivity index is 1.77. The van der Waals surface area contributed by atoms with Gasteiger partial charge in [-0.25, -0.2) is 0 Å². The summed E-state index contributed by atoms with van der Waals surface area (Å²) in [6, 6.07) is 13.0. The Morgan fingerprint density at radius 2 is 1.94 bits per heavy atom. The molecule has 0 radical (unpaired) electrons. The Labute approximate surface area is 118 Å². The molecule has 0 nitrogen and oxygen atoms in total. The fourth-order valence-corrected chi connectivity index (χ4v) is 4.42. The lowest BCUT2D eigenvalue weighted by Gasteiger charge is -2.08. The first kappa shape index (κ1) is 12.3. The molecule has 1 saturated carbocycles. The minimum absolute atomic E-state index is 0.189. The summed E-state index contributed by atoms with van der Waals surface area (Å²) in [5.74, 6) is 1.28. The van der Waals surface area contributed by atoms with Crippen molar-refractivity contribution in [2.45, 2.75) is 31.6 Å². The highest BCUT2D eigenvalue weighted by atomic mass is 35.5. The van der Waals surface area contributed by atoms with Crippen molar-refractivity contribution < 1.29 is 0 Å². The lowest BCUT2D eigenvalue weighted by atomic mass is 10.1. The maximum absolute atomic E-state index is 6.68. The van der Waals surface area contributed by atoms with E-state index in [1.807, 2.05) is 11.3 Å². The van der Waals surface area contributed by atoms with E-state index in [0.717, 1.165) is 0 Å². The number of thiophene rings is 1. The molecular weight excluding hydrogens is 260 g/mol. The van der Waals surface area contributed by atoms with Crippen LogP contribution in [0, 0.1) is 19.8 Å².